The fourth-order valence-corrected chi connectivity index (χ4v) is 5.31. The summed E-state index contributed by atoms with van der Waals surface area (Å²) in [5.74, 6) is -0.115. The fraction of sp³-hybridized carbons (Fsp3) is 0.526. The molecule has 19 heteroatoms. The molecule has 5 heterocycles. The molecule has 2 aliphatic rings. The number of aliphatic hydroxyl groups excluding tert-OH is 2. The molecule has 0 aromatic carbocycles. The van der Waals surface area contributed by atoms with Crippen LogP contribution >= 0.6 is 7.82 Å². The van der Waals surface area contributed by atoms with E-state index in [1.807, 2.05) is 0 Å². The van der Waals surface area contributed by atoms with Crippen LogP contribution in [0.1, 0.15) is 25.3 Å². The van der Waals surface area contributed by atoms with Crippen molar-refractivity contribution in [3.63, 3.8) is 0 Å². The number of nitrogens with two attached hydrogens (primary N) is 2. The summed E-state index contributed by atoms with van der Waals surface area (Å²) in [6, 6.07) is 1.38. The molecule has 8 N–H and O–H groups in total. The summed E-state index contributed by atoms with van der Waals surface area (Å²) in [7, 11) is -4.74. The van der Waals surface area contributed by atoms with Crippen molar-refractivity contribution in [3.05, 3.63) is 39.4 Å². The van der Waals surface area contributed by atoms with E-state index in [1.165, 1.54) is 23.2 Å². The van der Waals surface area contributed by atoms with E-state index in [4.69, 9.17) is 30.0 Å². The third-order valence-electron chi connectivity index (χ3n) is 6.16. The van der Waals surface area contributed by atoms with E-state index in [0.29, 0.717) is 0 Å². The number of ether oxygens (including phenoxy) is 2. The number of hydrogen-bond acceptors (Lipinski definition) is 14. The van der Waals surface area contributed by atoms with Gasteiger partial charge in [-0.15, -0.1) is 0 Å². The zero-order chi connectivity index (χ0) is 27.2. The van der Waals surface area contributed by atoms with Gasteiger partial charge in [-0.3, -0.25) is 28.0 Å². The maximum absolute atomic E-state index is 12.7. The Morgan fingerprint density at radius 2 is 1.89 bits per heavy atom. The number of phosphoric ester groups is 1. The van der Waals surface area contributed by atoms with Crippen LogP contribution in [0, 0.1) is 0 Å². The van der Waals surface area contributed by atoms with Crippen molar-refractivity contribution in [3.8, 4) is 0 Å². The first-order valence-electron chi connectivity index (χ1n) is 11.4. The summed E-state index contributed by atoms with van der Waals surface area (Å²) in [4.78, 5) is 48.4. The van der Waals surface area contributed by atoms with Gasteiger partial charge in [0.25, 0.3) is 5.56 Å². The summed E-state index contributed by atoms with van der Waals surface area (Å²) < 4.78 is 36.8. The van der Waals surface area contributed by atoms with Crippen molar-refractivity contribution < 1.29 is 38.2 Å². The number of H-pyrrole nitrogens is 1. The lowest BCUT2D eigenvalue weighted by atomic mass is 10.2. The second-order valence-electron chi connectivity index (χ2n) is 8.71. The van der Waals surface area contributed by atoms with Gasteiger partial charge in [0.2, 0.25) is 5.95 Å². The number of nitrogens with zero attached hydrogens (tertiary/aromatic N) is 5. The van der Waals surface area contributed by atoms with Crippen LogP contribution in [-0.4, -0.2) is 81.8 Å². The zero-order valence-corrected chi connectivity index (χ0v) is 20.5. The lowest BCUT2D eigenvalue weighted by molar-refractivity contribution is -0.0564. The molecule has 7 atom stereocenters. The number of aliphatic hydroxyl groups is 2. The minimum Gasteiger partial charge on any atom is -0.394 e. The second-order valence-corrected chi connectivity index (χ2v) is 10.1. The summed E-state index contributed by atoms with van der Waals surface area (Å²) in [5, 5.41) is 20.1. The number of anilines is 2. The summed E-state index contributed by atoms with van der Waals surface area (Å²) in [6.45, 7) is -1.10. The number of fused-ring (bicyclic) bond motifs is 1. The standard InChI is InChI=1S/C19H25N8O10P/c20-12-1-2-26(19(31)23-12)14-4-9(10(5-28)35-14)37-38(32,33)34-6-11-8(29)3-13(36-11)27-7-22-15-16(27)24-18(21)25-17(15)30/h1-2,7-11,13-14,28-29H,3-6H2,(H,32,33)(H2,20,23,31)(H3,21,24,25,30)/t8-,9+,10+,11-,13-,14-/m1/s1. The van der Waals surface area contributed by atoms with Crippen molar-refractivity contribution in [2.45, 2.75) is 49.7 Å². The van der Waals surface area contributed by atoms with E-state index < -0.39 is 69.2 Å². The number of aromatic nitrogens is 6. The molecule has 206 valence electrons. The minimum absolute atomic E-state index is 0.0119. The Balaban J connectivity index is 1.22. The van der Waals surface area contributed by atoms with Gasteiger partial charge in [-0.05, 0) is 6.07 Å². The molecule has 1 unspecified atom stereocenters. The molecule has 0 saturated carbocycles. The van der Waals surface area contributed by atoms with Crippen molar-refractivity contribution in [2.75, 3.05) is 24.7 Å². The monoisotopic (exact) mass is 556 g/mol. The number of nitrogen functional groups attached to an aromatic ring is 2. The van der Waals surface area contributed by atoms with E-state index in [9.17, 15) is 29.3 Å². The highest BCUT2D eigenvalue weighted by Crippen LogP contribution is 2.49. The Morgan fingerprint density at radius 3 is 2.63 bits per heavy atom. The zero-order valence-electron chi connectivity index (χ0n) is 19.6. The molecule has 3 aromatic heterocycles. The van der Waals surface area contributed by atoms with Crippen LogP contribution in [0.25, 0.3) is 11.2 Å². The SMILES string of the molecule is Nc1ccn([C@H]2C[C@H](OP(=O)(O)OC[C@H]3O[C@@H](n4cnc5c(=O)[nH]c(N)nc54)C[C@H]3O)[C@H](CO)O2)c(=O)n1. The van der Waals surface area contributed by atoms with Gasteiger partial charge in [0.1, 0.15) is 36.6 Å². The van der Waals surface area contributed by atoms with Crippen LogP contribution < -0.4 is 22.7 Å². The Labute approximate surface area is 212 Å². The van der Waals surface area contributed by atoms with Crippen molar-refractivity contribution in [1.29, 1.82) is 0 Å². The van der Waals surface area contributed by atoms with Crippen LogP contribution in [0.15, 0.2) is 28.2 Å². The molecular formula is C19H25N8O10P. The number of hydrogen-bond donors (Lipinski definition) is 6. The molecule has 2 fully saturated rings. The highest BCUT2D eigenvalue weighted by molar-refractivity contribution is 7.47. The highest BCUT2D eigenvalue weighted by atomic mass is 31.2. The third kappa shape index (κ3) is 5.20. The van der Waals surface area contributed by atoms with Crippen molar-refractivity contribution in [1.82, 2.24) is 29.1 Å². The number of aromatic amines is 1. The van der Waals surface area contributed by atoms with Gasteiger partial charge in [-0.25, -0.2) is 14.3 Å². The van der Waals surface area contributed by atoms with Gasteiger partial charge in [0, 0.05) is 19.0 Å². The van der Waals surface area contributed by atoms with E-state index in [2.05, 4.69) is 19.9 Å². The maximum atomic E-state index is 12.7. The number of nitrogens with one attached hydrogen (secondary N) is 1. The van der Waals surface area contributed by atoms with Crippen LogP contribution in [-0.2, 0) is 23.1 Å². The molecule has 2 saturated heterocycles. The first-order valence-corrected chi connectivity index (χ1v) is 12.9. The lowest BCUT2D eigenvalue weighted by Crippen LogP contribution is -2.29. The first-order chi connectivity index (χ1) is 18.0. The van der Waals surface area contributed by atoms with Gasteiger partial charge in [-0.2, -0.15) is 9.97 Å². The summed E-state index contributed by atoms with van der Waals surface area (Å²) in [6.07, 6.45) is -3.42. The molecule has 0 radical (unpaired) electrons. The van der Waals surface area contributed by atoms with Crippen LogP contribution in [0.2, 0.25) is 0 Å². The van der Waals surface area contributed by atoms with Gasteiger partial charge >= 0.3 is 13.5 Å². The molecule has 0 amide bonds. The van der Waals surface area contributed by atoms with Crippen LogP contribution in [0.5, 0.6) is 0 Å². The van der Waals surface area contributed by atoms with Crippen molar-refractivity contribution in [2.24, 2.45) is 0 Å². The number of imidazole rings is 1. The van der Waals surface area contributed by atoms with Gasteiger partial charge < -0.3 is 36.0 Å². The van der Waals surface area contributed by atoms with Gasteiger partial charge in [0.05, 0.1) is 25.6 Å². The van der Waals surface area contributed by atoms with E-state index in [0.717, 1.165) is 4.57 Å². The minimum atomic E-state index is -4.74. The molecule has 0 aliphatic carbocycles. The molecule has 0 bridgehead atoms. The number of phosphoric acid groups is 1. The van der Waals surface area contributed by atoms with E-state index in [1.54, 1.807) is 0 Å². The maximum Gasteiger partial charge on any atom is 0.472 e. The molecule has 5 rings (SSSR count). The normalized spacial score (nSPS) is 29.1. The Hall–Kier alpha value is -3.22. The smallest absolute Gasteiger partial charge is 0.394 e. The Kier molecular flexibility index (Phi) is 7.05. The van der Waals surface area contributed by atoms with Crippen LogP contribution in [0.4, 0.5) is 11.8 Å². The molecule has 38 heavy (non-hydrogen) atoms. The van der Waals surface area contributed by atoms with Gasteiger partial charge in [-0.1, -0.05) is 0 Å². The summed E-state index contributed by atoms with van der Waals surface area (Å²) >= 11 is 0. The molecule has 0 spiro atoms. The predicted octanol–water partition coefficient (Wildman–Crippen LogP) is -2.03. The average Bonchev–Trinajstić information content (AvgIpc) is 3.54. The summed E-state index contributed by atoms with van der Waals surface area (Å²) in [5.41, 5.74) is 10.0. The molecule has 2 aliphatic heterocycles. The Bertz CT molecular complexity index is 1490. The first kappa shape index (κ1) is 26.4. The highest BCUT2D eigenvalue weighted by Gasteiger charge is 2.43. The molecule has 18 nitrogen and oxygen atoms in total. The topological polar surface area (TPSA) is 265 Å². The van der Waals surface area contributed by atoms with E-state index in [-0.39, 0.29) is 35.8 Å². The second kappa shape index (κ2) is 10.2. The third-order valence-corrected chi connectivity index (χ3v) is 7.17. The molecule has 3 aromatic rings. The number of rotatable bonds is 8. The fourth-order valence-electron chi connectivity index (χ4n) is 4.35. The average molecular weight is 556 g/mol. The Morgan fingerprint density at radius 1 is 1.16 bits per heavy atom. The predicted molar refractivity (Wildman–Crippen MR) is 126 cm³/mol. The quantitative estimate of drug-likeness (QED) is 0.163. The van der Waals surface area contributed by atoms with E-state index >= 15 is 0 Å². The van der Waals surface area contributed by atoms with Crippen molar-refractivity contribution >= 4 is 30.8 Å². The lowest BCUT2D eigenvalue weighted by Gasteiger charge is -2.21. The van der Waals surface area contributed by atoms with Gasteiger partial charge in [0.15, 0.2) is 11.2 Å². The van der Waals surface area contributed by atoms with Crippen LogP contribution in [0.3, 0.4) is 0 Å². The largest absolute Gasteiger partial charge is 0.472 e. The molecular weight excluding hydrogens is 531 g/mol.